The maximum atomic E-state index is 11.5. The fraction of sp³-hybridized carbons (Fsp3) is 0.769. The summed E-state index contributed by atoms with van der Waals surface area (Å²) in [5.74, 6) is 1.31. The number of carboxylic acids is 1. The maximum absolute atomic E-state index is 11.5. The quantitative estimate of drug-likeness (QED) is 0.884. The molecule has 3 unspecified atom stereocenters. The Labute approximate surface area is 111 Å². The molecular formula is C13H19N3O3. The molecule has 2 fully saturated rings. The predicted molar refractivity (Wildman–Crippen MR) is 66.3 cm³/mol. The largest absolute Gasteiger partial charge is 0.480 e. The Hall–Kier alpha value is -1.43. The zero-order valence-electron chi connectivity index (χ0n) is 11.1. The van der Waals surface area contributed by atoms with Crippen molar-refractivity contribution in [2.45, 2.75) is 45.2 Å². The van der Waals surface area contributed by atoms with Gasteiger partial charge in [-0.3, -0.25) is 9.69 Å². The van der Waals surface area contributed by atoms with Crippen LogP contribution in [0.1, 0.15) is 37.9 Å². The van der Waals surface area contributed by atoms with Gasteiger partial charge in [0.1, 0.15) is 6.04 Å². The molecule has 0 bridgehead atoms. The molecule has 6 heteroatoms. The molecule has 1 saturated carbocycles. The molecule has 0 radical (unpaired) electrons. The maximum Gasteiger partial charge on any atom is 0.321 e. The average molecular weight is 265 g/mol. The van der Waals surface area contributed by atoms with Crippen LogP contribution >= 0.6 is 0 Å². The molecule has 1 aliphatic carbocycles. The molecule has 104 valence electrons. The van der Waals surface area contributed by atoms with Gasteiger partial charge in [0.2, 0.25) is 5.89 Å². The number of rotatable bonds is 4. The molecule has 0 aromatic carbocycles. The molecule has 6 nitrogen and oxygen atoms in total. The number of aryl methyl sites for hydroxylation is 1. The van der Waals surface area contributed by atoms with E-state index in [0.717, 1.165) is 32.2 Å². The second-order valence-corrected chi connectivity index (χ2v) is 5.53. The summed E-state index contributed by atoms with van der Waals surface area (Å²) in [6.45, 7) is 3.26. The van der Waals surface area contributed by atoms with Crippen molar-refractivity contribution in [3.05, 3.63) is 11.7 Å². The summed E-state index contributed by atoms with van der Waals surface area (Å²) in [7, 11) is 0. The first-order chi connectivity index (χ1) is 9.19. The number of aliphatic carboxylic acids is 1. The van der Waals surface area contributed by atoms with Gasteiger partial charge in [0.25, 0.3) is 0 Å². The number of hydrogen-bond acceptors (Lipinski definition) is 5. The van der Waals surface area contributed by atoms with Crippen LogP contribution in [0.15, 0.2) is 4.52 Å². The molecule has 0 spiro atoms. The second kappa shape index (κ2) is 4.92. The van der Waals surface area contributed by atoms with Crippen LogP contribution < -0.4 is 0 Å². The molecule has 0 amide bonds. The summed E-state index contributed by atoms with van der Waals surface area (Å²) in [4.78, 5) is 17.8. The van der Waals surface area contributed by atoms with Gasteiger partial charge >= 0.3 is 5.97 Å². The lowest BCUT2D eigenvalue weighted by molar-refractivity contribution is -0.143. The van der Waals surface area contributed by atoms with E-state index in [1.165, 1.54) is 0 Å². The van der Waals surface area contributed by atoms with Crippen molar-refractivity contribution in [3.63, 3.8) is 0 Å². The van der Waals surface area contributed by atoms with E-state index in [-0.39, 0.29) is 6.04 Å². The lowest BCUT2D eigenvalue weighted by atomic mass is 9.94. The van der Waals surface area contributed by atoms with Crippen LogP contribution in [-0.2, 0) is 17.8 Å². The van der Waals surface area contributed by atoms with Crippen molar-refractivity contribution in [2.24, 2.45) is 11.8 Å². The van der Waals surface area contributed by atoms with E-state index in [1.54, 1.807) is 0 Å². The third kappa shape index (κ3) is 2.25. The molecule has 1 aromatic rings. The van der Waals surface area contributed by atoms with Crippen LogP contribution in [0.5, 0.6) is 0 Å². The first-order valence-electron chi connectivity index (χ1n) is 6.97. The Bertz CT molecular complexity index is 473. The van der Waals surface area contributed by atoms with Gasteiger partial charge in [0, 0.05) is 13.0 Å². The van der Waals surface area contributed by atoms with Gasteiger partial charge in [-0.25, -0.2) is 0 Å². The van der Waals surface area contributed by atoms with Crippen LogP contribution in [0.2, 0.25) is 0 Å². The van der Waals surface area contributed by atoms with Crippen LogP contribution in [-0.4, -0.2) is 38.7 Å². The Balaban J connectivity index is 1.74. The normalized spacial score (nSPS) is 30.7. The van der Waals surface area contributed by atoms with E-state index < -0.39 is 5.97 Å². The van der Waals surface area contributed by atoms with Crippen LogP contribution in [0.25, 0.3) is 0 Å². The van der Waals surface area contributed by atoms with Gasteiger partial charge in [0.15, 0.2) is 5.82 Å². The Morgan fingerprint density at radius 2 is 2.37 bits per heavy atom. The zero-order valence-corrected chi connectivity index (χ0v) is 11.1. The third-order valence-corrected chi connectivity index (χ3v) is 4.40. The van der Waals surface area contributed by atoms with Gasteiger partial charge in [-0.1, -0.05) is 18.5 Å². The van der Waals surface area contributed by atoms with Crippen molar-refractivity contribution in [2.75, 3.05) is 6.54 Å². The number of carboxylic acid groups (broad SMARTS) is 1. The Kier molecular flexibility index (Phi) is 3.26. The minimum Gasteiger partial charge on any atom is -0.480 e. The van der Waals surface area contributed by atoms with Crippen LogP contribution in [0.3, 0.4) is 0 Å². The number of hydrogen-bond donors (Lipinski definition) is 1. The summed E-state index contributed by atoms with van der Waals surface area (Å²) in [5.41, 5.74) is 0. The third-order valence-electron chi connectivity index (χ3n) is 4.40. The first-order valence-corrected chi connectivity index (χ1v) is 6.97. The fourth-order valence-electron chi connectivity index (χ4n) is 3.57. The van der Waals surface area contributed by atoms with Gasteiger partial charge < -0.3 is 9.63 Å². The summed E-state index contributed by atoms with van der Waals surface area (Å²) in [6.07, 6.45) is 4.07. The Morgan fingerprint density at radius 3 is 3.05 bits per heavy atom. The highest BCUT2D eigenvalue weighted by Crippen LogP contribution is 2.42. The summed E-state index contributed by atoms with van der Waals surface area (Å²) < 4.78 is 5.17. The van der Waals surface area contributed by atoms with Crippen molar-refractivity contribution < 1.29 is 14.4 Å². The summed E-state index contributed by atoms with van der Waals surface area (Å²) in [6, 6.07) is -0.385. The molecule has 2 aliphatic rings. The van der Waals surface area contributed by atoms with Crippen LogP contribution in [0, 0.1) is 11.8 Å². The minimum atomic E-state index is -0.718. The number of aromatic nitrogens is 2. The summed E-state index contributed by atoms with van der Waals surface area (Å²) >= 11 is 0. The SMILES string of the molecule is CCc1noc(CN2CC3CCCC3C2C(=O)O)n1. The molecule has 1 aromatic heterocycles. The molecule has 1 N–H and O–H groups in total. The highest BCUT2D eigenvalue weighted by atomic mass is 16.5. The Morgan fingerprint density at radius 1 is 1.53 bits per heavy atom. The highest BCUT2D eigenvalue weighted by Gasteiger charge is 2.47. The van der Waals surface area contributed by atoms with Gasteiger partial charge in [-0.05, 0) is 24.7 Å². The number of likely N-dealkylation sites (tertiary alicyclic amines) is 1. The number of fused-ring (bicyclic) bond motifs is 1. The molecule has 2 heterocycles. The van der Waals surface area contributed by atoms with E-state index >= 15 is 0 Å². The van der Waals surface area contributed by atoms with Gasteiger partial charge in [0.05, 0.1) is 6.54 Å². The second-order valence-electron chi connectivity index (χ2n) is 5.53. The van der Waals surface area contributed by atoms with Gasteiger partial charge in [-0.2, -0.15) is 4.98 Å². The molecule has 1 aliphatic heterocycles. The number of nitrogens with zero attached hydrogens (tertiary/aromatic N) is 3. The lowest BCUT2D eigenvalue weighted by Gasteiger charge is -2.22. The zero-order chi connectivity index (χ0) is 13.4. The highest BCUT2D eigenvalue weighted by molar-refractivity contribution is 5.74. The van der Waals surface area contributed by atoms with Crippen molar-refractivity contribution in [3.8, 4) is 0 Å². The topological polar surface area (TPSA) is 79.5 Å². The van der Waals surface area contributed by atoms with Crippen LogP contribution in [0.4, 0.5) is 0 Å². The van der Waals surface area contributed by atoms with E-state index in [2.05, 4.69) is 10.1 Å². The lowest BCUT2D eigenvalue weighted by Crippen LogP contribution is -2.39. The number of carbonyl (C=O) groups is 1. The van der Waals surface area contributed by atoms with Crippen molar-refractivity contribution >= 4 is 5.97 Å². The molecular weight excluding hydrogens is 246 g/mol. The minimum absolute atomic E-state index is 0.297. The van der Waals surface area contributed by atoms with E-state index in [1.807, 2.05) is 11.8 Å². The molecule has 3 atom stereocenters. The standard InChI is InChI=1S/C13H19N3O3/c1-2-10-14-11(19-15-10)7-16-6-8-4-3-5-9(8)12(16)13(17)18/h8-9,12H,2-7H2,1H3,(H,17,18). The summed E-state index contributed by atoms with van der Waals surface area (Å²) in [5, 5.41) is 13.3. The molecule has 19 heavy (non-hydrogen) atoms. The van der Waals surface area contributed by atoms with Crippen molar-refractivity contribution in [1.29, 1.82) is 0 Å². The monoisotopic (exact) mass is 265 g/mol. The van der Waals surface area contributed by atoms with E-state index in [4.69, 9.17) is 4.52 Å². The predicted octanol–water partition coefficient (Wildman–Crippen LogP) is 1.32. The van der Waals surface area contributed by atoms with Gasteiger partial charge in [-0.15, -0.1) is 0 Å². The molecule has 3 rings (SSSR count). The van der Waals surface area contributed by atoms with E-state index in [9.17, 15) is 9.90 Å². The van der Waals surface area contributed by atoms with Crippen molar-refractivity contribution in [1.82, 2.24) is 15.0 Å². The molecule has 1 saturated heterocycles. The smallest absolute Gasteiger partial charge is 0.321 e. The van der Waals surface area contributed by atoms with E-state index in [0.29, 0.717) is 30.1 Å². The fourth-order valence-corrected chi connectivity index (χ4v) is 3.57. The average Bonchev–Trinajstić information content (AvgIpc) is 3.03. The first kappa shape index (κ1) is 12.6.